The predicted molar refractivity (Wildman–Crippen MR) is 62.2 cm³/mol. The first-order valence-electron chi connectivity index (χ1n) is 5.47. The second-order valence-electron chi connectivity index (χ2n) is 4.17. The van der Waals surface area contributed by atoms with E-state index >= 15 is 0 Å². The molecule has 1 aliphatic heterocycles. The van der Waals surface area contributed by atoms with Crippen LogP contribution >= 0.6 is 11.3 Å². The van der Waals surface area contributed by atoms with Crippen LogP contribution in [0.4, 0.5) is 0 Å². The molecule has 1 aromatic rings. The number of thiazole rings is 1. The zero-order valence-corrected chi connectivity index (χ0v) is 10.3. The van der Waals surface area contributed by atoms with Gasteiger partial charge < -0.3 is 10.1 Å². The van der Waals surface area contributed by atoms with Crippen LogP contribution in [-0.2, 0) is 4.74 Å². The van der Waals surface area contributed by atoms with E-state index in [0.717, 1.165) is 13.0 Å². The molecule has 0 aromatic carbocycles. The molecule has 15 heavy (non-hydrogen) atoms. The fourth-order valence-electron chi connectivity index (χ4n) is 1.92. The maximum Gasteiger partial charge on any atom is 0.109 e. The Balaban J connectivity index is 1.94. The van der Waals surface area contributed by atoms with Crippen molar-refractivity contribution in [1.29, 1.82) is 0 Å². The standard InChI is InChI=1S/C11H18N2OS/c1-7-6-12-11(15-7)8(2)13-10-4-5-14-9(10)3/h6,8-10,13H,4-5H2,1-3H3. The van der Waals surface area contributed by atoms with Gasteiger partial charge in [0.05, 0.1) is 12.1 Å². The summed E-state index contributed by atoms with van der Waals surface area (Å²) in [6.07, 6.45) is 3.37. The quantitative estimate of drug-likeness (QED) is 0.858. The normalized spacial score (nSPS) is 28.2. The molecule has 1 aliphatic rings. The summed E-state index contributed by atoms with van der Waals surface area (Å²) in [5.41, 5.74) is 0. The molecule has 84 valence electrons. The average molecular weight is 226 g/mol. The number of rotatable bonds is 3. The summed E-state index contributed by atoms with van der Waals surface area (Å²) < 4.78 is 5.53. The Morgan fingerprint density at radius 3 is 3.00 bits per heavy atom. The van der Waals surface area contributed by atoms with Crippen molar-refractivity contribution in [3.05, 3.63) is 16.1 Å². The Kier molecular flexibility index (Phi) is 3.38. The number of nitrogens with one attached hydrogen (secondary N) is 1. The van der Waals surface area contributed by atoms with Crippen LogP contribution in [0.3, 0.4) is 0 Å². The SMILES string of the molecule is Cc1cnc(C(C)NC2CCOC2C)s1. The number of hydrogen-bond donors (Lipinski definition) is 1. The van der Waals surface area contributed by atoms with Crippen LogP contribution in [0.15, 0.2) is 6.20 Å². The largest absolute Gasteiger partial charge is 0.377 e. The Hall–Kier alpha value is -0.450. The smallest absolute Gasteiger partial charge is 0.109 e. The Labute approximate surface area is 94.9 Å². The van der Waals surface area contributed by atoms with Gasteiger partial charge in [0, 0.05) is 23.7 Å². The number of ether oxygens (including phenoxy) is 1. The maximum absolute atomic E-state index is 5.53. The monoisotopic (exact) mass is 226 g/mol. The molecule has 4 heteroatoms. The van der Waals surface area contributed by atoms with Crippen LogP contribution in [0.1, 0.15) is 36.2 Å². The minimum atomic E-state index is 0.327. The van der Waals surface area contributed by atoms with Crippen molar-refractivity contribution in [2.75, 3.05) is 6.61 Å². The topological polar surface area (TPSA) is 34.2 Å². The Morgan fingerprint density at radius 1 is 1.67 bits per heavy atom. The Morgan fingerprint density at radius 2 is 2.47 bits per heavy atom. The van der Waals surface area contributed by atoms with Gasteiger partial charge in [-0.1, -0.05) is 0 Å². The second kappa shape index (κ2) is 4.60. The van der Waals surface area contributed by atoms with Gasteiger partial charge >= 0.3 is 0 Å². The molecule has 1 aromatic heterocycles. The van der Waals surface area contributed by atoms with Gasteiger partial charge in [-0.3, -0.25) is 0 Å². The number of aromatic nitrogens is 1. The average Bonchev–Trinajstić information content (AvgIpc) is 2.77. The summed E-state index contributed by atoms with van der Waals surface area (Å²) in [6.45, 7) is 7.27. The van der Waals surface area contributed by atoms with Gasteiger partial charge in [0.25, 0.3) is 0 Å². The van der Waals surface area contributed by atoms with E-state index in [1.807, 2.05) is 6.20 Å². The fraction of sp³-hybridized carbons (Fsp3) is 0.727. The van der Waals surface area contributed by atoms with Crippen molar-refractivity contribution in [2.24, 2.45) is 0 Å². The lowest BCUT2D eigenvalue weighted by Gasteiger charge is -2.20. The highest BCUT2D eigenvalue weighted by Gasteiger charge is 2.26. The lowest BCUT2D eigenvalue weighted by Crippen LogP contribution is -2.36. The second-order valence-corrected chi connectivity index (χ2v) is 5.43. The number of nitrogens with zero attached hydrogens (tertiary/aromatic N) is 1. The molecule has 0 bridgehead atoms. The summed E-state index contributed by atoms with van der Waals surface area (Å²) in [7, 11) is 0. The van der Waals surface area contributed by atoms with Gasteiger partial charge in [0.2, 0.25) is 0 Å². The van der Waals surface area contributed by atoms with Gasteiger partial charge in [0.15, 0.2) is 0 Å². The van der Waals surface area contributed by atoms with E-state index in [4.69, 9.17) is 4.74 Å². The van der Waals surface area contributed by atoms with Gasteiger partial charge in [-0.2, -0.15) is 0 Å². The summed E-state index contributed by atoms with van der Waals surface area (Å²) in [6, 6.07) is 0.807. The van der Waals surface area contributed by atoms with Crippen molar-refractivity contribution in [3.63, 3.8) is 0 Å². The molecule has 0 saturated carbocycles. The highest BCUT2D eigenvalue weighted by Crippen LogP contribution is 2.22. The van der Waals surface area contributed by atoms with Crippen LogP contribution in [-0.4, -0.2) is 23.7 Å². The zero-order valence-electron chi connectivity index (χ0n) is 9.49. The van der Waals surface area contributed by atoms with E-state index < -0.39 is 0 Å². The molecule has 1 saturated heterocycles. The lowest BCUT2D eigenvalue weighted by atomic mass is 10.1. The molecule has 1 N–H and O–H groups in total. The van der Waals surface area contributed by atoms with Gasteiger partial charge in [0.1, 0.15) is 5.01 Å². The molecule has 3 unspecified atom stereocenters. The van der Waals surface area contributed by atoms with E-state index in [0.29, 0.717) is 18.2 Å². The van der Waals surface area contributed by atoms with E-state index in [1.54, 1.807) is 11.3 Å². The third kappa shape index (κ3) is 2.56. The van der Waals surface area contributed by atoms with Crippen LogP contribution in [0.25, 0.3) is 0 Å². The van der Waals surface area contributed by atoms with Gasteiger partial charge in [-0.15, -0.1) is 11.3 Å². The van der Waals surface area contributed by atoms with Crippen molar-refractivity contribution in [2.45, 2.75) is 45.4 Å². The third-order valence-corrected chi connectivity index (χ3v) is 3.95. The van der Waals surface area contributed by atoms with Gasteiger partial charge in [-0.25, -0.2) is 4.98 Å². The molecule has 0 amide bonds. The molecule has 0 spiro atoms. The van der Waals surface area contributed by atoms with E-state index in [9.17, 15) is 0 Å². The molecule has 2 rings (SSSR count). The van der Waals surface area contributed by atoms with Crippen LogP contribution in [0.5, 0.6) is 0 Å². The van der Waals surface area contributed by atoms with Crippen LogP contribution < -0.4 is 5.32 Å². The minimum absolute atomic E-state index is 0.327. The molecule has 0 aliphatic carbocycles. The van der Waals surface area contributed by atoms with Crippen LogP contribution in [0.2, 0.25) is 0 Å². The zero-order chi connectivity index (χ0) is 10.8. The fourth-order valence-corrected chi connectivity index (χ4v) is 2.70. The highest BCUT2D eigenvalue weighted by atomic mass is 32.1. The van der Waals surface area contributed by atoms with E-state index in [-0.39, 0.29) is 0 Å². The molecular formula is C11H18N2OS. The summed E-state index contributed by atoms with van der Waals surface area (Å²) in [4.78, 5) is 5.67. The van der Waals surface area contributed by atoms with Crippen molar-refractivity contribution in [1.82, 2.24) is 10.3 Å². The van der Waals surface area contributed by atoms with E-state index in [2.05, 4.69) is 31.1 Å². The molecule has 2 heterocycles. The summed E-state index contributed by atoms with van der Waals surface area (Å²) >= 11 is 1.77. The summed E-state index contributed by atoms with van der Waals surface area (Å²) in [5.74, 6) is 0. The first kappa shape index (κ1) is 11.0. The number of hydrogen-bond acceptors (Lipinski definition) is 4. The van der Waals surface area contributed by atoms with Crippen LogP contribution in [0, 0.1) is 6.92 Å². The molecular weight excluding hydrogens is 208 g/mol. The maximum atomic E-state index is 5.53. The van der Waals surface area contributed by atoms with E-state index in [1.165, 1.54) is 9.88 Å². The molecule has 3 nitrogen and oxygen atoms in total. The van der Waals surface area contributed by atoms with Gasteiger partial charge in [-0.05, 0) is 27.2 Å². The number of aryl methyl sites for hydroxylation is 1. The lowest BCUT2D eigenvalue weighted by molar-refractivity contribution is 0.111. The van der Waals surface area contributed by atoms with Crippen molar-refractivity contribution in [3.8, 4) is 0 Å². The predicted octanol–water partition coefficient (Wildman–Crippen LogP) is 2.28. The molecule has 0 radical (unpaired) electrons. The van der Waals surface area contributed by atoms with Crippen molar-refractivity contribution < 1.29 is 4.74 Å². The molecule has 3 atom stereocenters. The third-order valence-electron chi connectivity index (χ3n) is 2.85. The first-order chi connectivity index (χ1) is 7.16. The molecule has 1 fully saturated rings. The minimum Gasteiger partial charge on any atom is -0.377 e. The van der Waals surface area contributed by atoms with Crippen molar-refractivity contribution >= 4 is 11.3 Å². The Bertz CT molecular complexity index is 326. The summed E-state index contributed by atoms with van der Waals surface area (Å²) in [5, 5.41) is 4.75. The highest BCUT2D eigenvalue weighted by molar-refractivity contribution is 7.11. The first-order valence-corrected chi connectivity index (χ1v) is 6.28.